The fraction of sp³-hybridized carbons (Fsp3) is 0.381. The normalized spacial score (nSPS) is 11.8. The summed E-state index contributed by atoms with van der Waals surface area (Å²) in [6.45, 7) is 3.69. The van der Waals surface area contributed by atoms with Crippen LogP contribution in [0.4, 0.5) is 11.4 Å². The molecular formula is C21H29N3O7S2. The summed E-state index contributed by atoms with van der Waals surface area (Å²) in [5, 5.41) is 2.59. The molecule has 0 saturated carbocycles. The maximum Gasteiger partial charge on any atom is 0.245 e. The van der Waals surface area contributed by atoms with Crippen molar-refractivity contribution in [1.82, 2.24) is 4.31 Å². The van der Waals surface area contributed by atoms with Crippen LogP contribution in [0.5, 0.6) is 11.5 Å². The molecule has 2 rings (SSSR count). The van der Waals surface area contributed by atoms with E-state index in [0.717, 1.165) is 10.6 Å². The van der Waals surface area contributed by atoms with Gasteiger partial charge in [-0.2, -0.15) is 4.31 Å². The van der Waals surface area contributed by atoms with Gasteiger partial charge in [-0.3, -0.25) is 9.10 Å². The third-order valence-electron chi connectivity index (χ3n) is 4.82. The second-order valence-electron chi connectivity index (χ2n) is 6.97. The lowest BCUT2D eigenvalue weighted by molar-refractivity contribution is -0.114. The number of hydrogen-bond donors (Lipinski definition) is 1. The minimum atomic E-state index is -3.80. The van der Waals surface area contributed by atoms with Crippen molar-refractivity contribution in [3.05, 3.63) is 42.5 Å². The first-order chi connectivity index (χ1) is 15.5. The summed E-state index contributed by atoms with van der Waals surface area (Å²) >= 11 is 0. The van der Waals surface area contributed by atoms with Crippen molar-refractivity contribution in [1.29, 1.82) is 0 Å². The molecule has 0 aromatic heterocycles. The van der Waals surface area contributed by atoms with E-state index in [1.165, 1.54) is 54.9 Å². The Morgan fingerprint density at radius 3 is 1.97 bits per heavy atom. The van der Waals surface area contributed by atoms with E-state index in [-0.39, 0.29) is 10.6 Å². The van der Waals surface area contributed by atoms with Gasteiger partial charge in [0.25, 0.3) is 0 Å². The largest absolute Gasteiger partial charge is 0.493 e. The molecule has 0 bridgehead atoms. The van der Waals surface area contributed by atoms with Gasteiger partial charge in [0.05, 0.1) is 31.1 Å². The molecular weight excluding hydrogens is 470 g/mol. The van der Waals surface area contributed by atoms with E-state index in [1.807, 2.05) is 0 Å². The van der Waals surface area contributed by atoms with E-state index in [0.29, 0.717) is 30.3 Å². The van der Waals surface area contributed by atoms with E-state index in [1.54, 1.807) is 19.9 Å². The van der Waals surface area contributed by atoms with Crippen LogP contribution in [0.3, 0.4) is 0 Å². The van der Waals surface area contributed by atoms with Crippen molar-refractivity contribution in [2.24, 2.45) is 0 Å². The Balaban J connectivity index is 2.22. The zero-order chi connectivity index (χ0) is 24.8. The molecule has 2 aromatic rings. The number of nitrogens with one attached hydrogen (secondary N) is 1. The lowest BCUT2D eigenvalue weighted by atomic mass is 10.2. The summed E-state index contributed by atoms with van der Waals surface area (Å²) in [5.41, 5.74) is 0.560. The topological polar surface area (TPSA) is 122 Å². The van der Waals surface area contributed by atoms with Crippen molar-refractivity contribution in [3.8, 4) is 11.5 Å². The average molecular weight is 500 g/mol. The first kappa shape index (κ1) is 26.4. The Hall–Kier alpha value is -2.83. The van der Waals surface area contributed by atoms with Crippen LogP contribution in [0, 0.1) is 0 Å². The predicted octanol–water partition coefficient (Wildman–Crippen LogP) is 2.14. The molecule has 0 saturated heterocycles. The van der Waals surface area contributed by atoms with Crippen LogP contribution in [0.15, 0.2) is 47.4 Å². The summed E-state index contributed by atoms with van der Waals surface area (Å²) in [7, 11) is -4.55. The first-order valence-corrected chi connectivity index (χ1v) is 13.4. The standard InChI is InChI=1S/C21H29N3O7S2/c1-6-23(7-2)33(28,29)18-11-8-16(9-12-18)22-21(25)15-24(32(5,26)27)17-10-13-19(30-3)20(14-17)31-4/h8-14H,6-7,15H2,1-5H3,(H,22,25). The zero-order valence-corrected chi connectivity index (χ0v) is 20.9. The minimum Gasteiger partial charge on any atom is -0.493 e. The molecule has 1 amide bonds. The van der Waals surface area contributed by atoms with Gasteiger partial charge in [0, 0.05) is 24.8 Å². The van der Waals surface area contributed by atoms with Crippen molar-refractivity contribution >= 4 is 37.3 Å². The summed E-state index contributed by atoms with van der Waals surface area (Å²) in [6, 6.07) is 10.2. The molecule has 182 valence electrons. The molecule has 0 atom stereocenters. The highest BCUT2D eigenvalue weighted by Crippen LogP contribution is 2.32. The molecule has 2 aromatic carbocycles. The second-order valence-corrected chi connectivity index (χ2v) is 10.8. The number of sulfonamides is 2. The van der Waals surface area contributed by atoms with Crippen molar-refractivity contribution < 1.29 is 31.1 Å². The molecule has 12 heteroatoms. The van der Waals surface area contributed by atoms with E-state index in [2.05, 4.69) is 5.32 Å². The van der Waals surface area contributed by atoms with E-state index in [9.17, 15) is 21.6 Å². The number of rotatable bonds is 11. The number of carbonyl (C=O) groups is 1. The van der Waals surface area contributed by atoms with Gasteiger partial charge in [-0.15, -0.1) is 0 Å². The number of anilines is 2. The first-order valence-electron chi connectivity index (χ1n) is 10.1. The fourth-order valence-corrected chi connectivity index (χ4v) is 5.44. The van der Waals surface area contributed by atoms with Crippen LogP contribution in [0.1, 0.15) is 13.8 Å². The van der Waals surface area contributed by atoms with E-state index >= 15 is 0 Å². The predicted molar refractivity (Wildman–Crippen MR) is 127 cm³/mol. The SMILES string of the molecule is CCN(CC)S(=O)(=O)c1ccc(NC(=O)CN(c2ccc(OC)c(OC)c2)S(C)(=O)=O)cc1. The number of benzene rings is 2. The highest BCUT2D eigenvalue weighted by molar-refractivity contribution is 7.92. The smallest absolute Gasteiger partial charge is 0.245 e. The van der Waals surface area contributed by atoms with Gasteiger partial charge < -0.3 is 14.8 Å². The Labute approximate surface area is 195 Å². The van der Waals surface area contributed by atoms with Crippen molar-refractivity contribution in [2.75, 3.05) is 49.7 Å². The molecule has 0 fully saturated rings. The van der Waals surface area contributed by atoms with Crippen LogP contribution < -0.4 is 19.1 Å². The zero-order valence-electron chi connectivity index (χ0n) is 19.2. The number of nitrogens with zero attached hydrogens (tertiary/aromatic N) is 2. The summed E-state index contributed by atoms with van der Waals surface area (Å²) in [4.78, 5) is 12.7. The Kier molecular flexibility index (Phi) is 8.69. The highest BCUT2D eigenvalue weighted by atomic mass is 32.2. The Bertz CT molecular complexity index is 1180. The maximum atomic E-state index is 12.6. The van der Waals surface area contributed by atoms with Gasteiger partial charge in [-0.05, 0) is 36.4 Å². The van der Waals surface area contributed by atoms with E-state index in [4.69, 9.17) is 9.47 Å². The molecule has 33 heavy (non-hydrogen) atoms. The minimum absolute atomic E-state index is 0.104. The number of carbonyl (C=O) groups excluding carboxylic acids is 1. The van der Waals surface area contributed by atoms with Crippen molar-refractivity contribution in [2.45, 2.75) is 18.7 Å². The van der Waals surface area contributed by atoms with Crippen LogP contribution in [0.25, 0.3) is 0 Å². The molecule has 1 N–H and O–H groups in total. The van der Waals surface area contributed by atoms with Crippen LogP contribution >= 0.6 is 0 Å². The number of ether oxygens (including phenoxy) is 2. The molecule has 0 heterocycles. The molecule has 0 radical (unpaired) electrons. The van der Waals surface area contributed by atoms with Crippen molar-refractivity contribution in [3.63, 3.8) is 0 Å². The third kappa shape index (κ3) is 6.36. The Morgan fingerprint density at radius 1 is 0.909 bits per heavy atom. The summed E-state index contributed by atoms with van der Waals surface area (Å²) in [5.74, 6) is 0.127. The molecule has 0 unspecified atom stereocenters. The average Bonchev–Trinajstić information content (AvgIpc) is 2.77. The van der Waals surface area contributed by atoms with E-state index < -0.39 is 32.5 Å². The Morgan fingerprint density at radius 2 is 1.48 bits per heavy atom. The van der Waals surface area contributed by atoms with Gasteiger partial charge in [-0.25, -0.2) is 16.8 Å². The lowest BCUT2D eigenvalue weighted by Gasteiger charge is -2.23. The molecule has 0 spiro atoms. The maximum absolute atomic E-state index is 12.6. The van der Waals surface area contributed by atoms with Crippen LogP contribution in [-0.2, 0) is 24.8 Å². The third-order valence-corrected chi connectivity index (χ3v) is 8.03. The number of methoxy groups -OCH3 is 2. The fourth-order valence-electron chi connectivity index (χ4n) is 3.13. The number of amides is 1. The van der Waals surface area contributed by atoms with Gasteiger partial charge in [0.15, 0.2) is 11.5 Å². The quantitative estimate of drug-likeness (QED) is 0.503. The highest BCUT2D eigenvalue weighted by Gasteiger charge is 2.24. The van der Waals surface area contributed by atoms with Gasteiger partial charge >= 0.3 is 0 Å². The summed E-state index contributed by atoms with van der Waals surface area (Å²) in [6.07, 6.45) is 0.990. The number of hydrogen-bond acceptors (Lipinski definition) is 7. The van der Waals surface area contributed by atoms with Gasteiger partial charge in [0.2, 0.25) is 26.0 Å². The molecule has 0 aliphatic heterocycles. The lowest BCUT2D eigenvalue weighted by Crippen LogP contribution is -2.37. The molecule has 10 nitrogen and oxygen atoms in total. The van der Waals surface area contributed by atoms with Gasteiger partial charge in [0.1, 0.15) is 6.54 Å². The summed E-state index contributed by atoms with van der Waals surface area (Å²) < 4.78 is 62.5. The molecule has 0 aliphatic rings. The van der Waals surface area contributed by atoms with Crippen LogP contribution in [0.2, 0.25) is 0 Å². The molecule has 0 aliphatic carbocycles. The van der Waals surface area contributed by atoms with Crippen LogP contribution in [-0.4, -0.2) is 67.2 Å². The monoisotopic (exact) mass is 499 g/mol. The van der Waals surface area contributed by atoms with Gasteiger partial charge in [-0.1, -0.05) is 13.8 Å². The second kappa shape index (κ2) is 10.9.